The number of hydrogen-bond acceptors (Lipinski definition) is 2. The van der Waals surface area contributed by atoms with Gasteiger partial charge in [-0.25, -0.2) is 9.36 Å². The van der Waals surface area contributed by atoms with E-state index < -0.39 is 18.0 Å². The lowest BCUT2D eigenvalue weighted by molar-refractivity contribution is -0.201. The number of alkyl halides is 3. The van der Waals surface area contributed by atoms with Crippen LogP contribution in [-0.4, -0.2) is 17.6 Å². The summed E-state index contributed by atoms with van der Waals surface area (Å²) in [6.45, 7) is 0. The molecule has 0 N–H and O–H groups in total. The van der Waals surface area contributed by atoms with Gasteiger partial charge < -0.3 is 4.74 Å². The Bertz CT molecular complexity index is 572. The van der Waals surface area contributed by atoms with Crippen LogP contribution in [0.2, 0.25) is 0 Å². The number of carbonyl (C=O) groups is 1. The van der Waals surface area contributed by atoms with Crippen LogP contribution in [0, 0.1) is 0 Å². The van der Waals surface area contributed by atoms with Crippen molar-refractivity contribution < 1.29 is 22.7 Å². The average molecular weight is 243 g/mol. The zero-order valence-electron chi connectivity index (χ0n) is 8.78. The Morgan fingerprint density at radius 2 is 1.94 bits per heavy atom. The second-order valence-corrected chi connectivity index (χ2v) is 3.38. The summed E-state index contributed by atoms with van der Waals surface area (Å²) in [5.74, 6) is -1.02. The summed E-state index contributed by atoms with van der Waals surface area (Å²) in [6, 6.07) is 7.05. The van der Waals surface area contributed by atoms with Gasteiger partial charge in [-0.2, -0.15) is 0 Å². The smallest absolute Gasteiger partial charge is 0.464 e. The van der Waals surface area contributed by atoms with Crippen LogP contribution in [0.3, 0.4) is 0 Å². The largest absolute Gasteiger partial charge is 0.489 e. The molecule has 2 rings (SSSR count). The molecule has 0 aliphatic carbocycles. The zero-order valence-corrected chi connectivity index (χ0v) is 8.78. The normalized spacial score (nSPS) is 11.8. The van der Waals surface area contributed by atoms with Crippen molar-refractivity contribution >= 4 is 16.9 Å². The van der Waals surface area contributed by atoms with Crippen molar-refractivity contribution in [1.82, 2.24) is 4.57 Å². The fourth-order valence-electron chi connectivity index (χ4n) is 1.68. The number of aromatic nitrogens is 1. The fourth-order valence-corrected chi connectivity index (χ4v) is 1.68. The molecule has 0 unspecified atom stereocenters. The van der Waals surface area contributed by atoms with Gasteiger partial charge in [0.1, 0.15) is 5.69 Å². The summed E-state index contributed by atoms with van der Waals surface area (Å²) in [4.78, 5) is 11.3. The number of hydrogen-bond donors (Lipinski definition) is 0. The number of halogens is 3. The summed E-state index contributed by atoms with van der Waals surface area (Å²) < 4.78 is 43.0. The predicted molar refractivity (Wildman–Crippen MR) is 54.6 cm³/mol. The molecule has 0 fully saturated rings. The minimum atomic E-state index is -4.66. The van der Waals surface area contributed by atoms with E-state index in [0.29, 0.717) is 5.39 Å². The molecule has 0 saturated heterocycles. The van der Waals surface area contributed by atoms with Gasteiger partial charge in [0, 0.05) is 5.39 Å². The average Bonchev–Trinajstić information content (AvgIpc) is 2.66. The van der Waals surface area contributed by atoms with E-state index in [4.69, 9.17) is 0 Å². The van der Waals surface area contributed by atoms with E-state index >= 15 is 0 Å². The van der Waals surface area contributed by atoms with Crippen LogP contribution >= 0.6 is 0 Å². The number of nitrogens with zero attached hydrogens (tertiary/aromatic N) is 1. The van der Waals surface area contributed by atoms with E-state index in [9.17, 15) is 18.0 Å². The van der Waals surface area contributed by atoms with Gasteiger partial charge >= 0.3 is 12.3 Å². The van der Waals surface area contributed by atoms with Gasteiger partial charge in [-0.05, 0) is 12.1 Å². The molecule has 0 radical (unpaired) electrons. The van der Waals surface area contributed by atoms with Crippen molar-refractivity contribution in [3.8, 4) is 0 Å². The van der Waals surface area contributed by atoms with Crippen LogP contribution in [-0.2, 0) is 11.0 Å². The number of carbonyl (C=O) groups excluding carboxylic acids is 1. The Balaban J connectivity index is 2.79. The summed E-state index contributed by atoms with van der Waals surface area (Å²) in [5.41, 5.74) is -0.596. The highest BCUT2D eigenvalue weighted by molar-refractivity contribution is 5.95. The molecule has 1 aromatic carbocycles. The minimum absolute atomic E-state index is 0.0220. The molecule has 0 bridgehead atoms. The number of rotatable bonds is 1. The van der Waals surface area contributed by atoms with Crippen LogP contribution in [0.5, 0.6) is 0 Å². The first-order valence-electron chi connectivity index (χ1n) is 4.71. The summed E-state index contributed by atoms with van der Waals surface area (Å²) in [7, 11) is 1.04. The Kier molecular flexibility index (Phi) is 2.57. The van der Waals surface area contributed by atoms with Crippen LogP contribution in [0.4, 0.5) is 13.2 Å². The predicted octanol–water partition coefficient (Wildman–Crippen LogP) is 2.90. The highest BCUT2D eigenvalue weighted by Crippen LogP contribution is 2.31. The van der Waals surface area contributed by atoms with Gasteiger partial charge in [0.2, 0.25) is 0 Å². The molecule has 0 saturated carbocycles. The molecule has 0 aliphatic rings. The highest BCUT2D eigenvalue weighted by atomic mass is 19.4. The van der Waals surface area contributed by atoms with Crippen molar-refractivity contribution in [2.75, 3.05) is 7.11 Å². The molecule has 1 aromatic heterocycles. The minimum Gasteiger partial charge on any atom is -0.464 e. The van der Waals surface area contributed by atoms with Crippen molar-refractivity contribution in [3.63, 3.8) is 0 Å². The van der Waals surface area contributed by atoms with E-state index in [1.807, 2.05) is 0 Å². The lowest BCUT2D eigenvalue weighted by Crippen LogP contribution is -2.22. The van der Waals surface area contributed by atoms with E-state index in [1.165, 1.54) is 18.2 Å². The molecule has 0 atom stereocenters. The quantitative estimate of drug-likeness (QED) is 0.721. The van der Waals surface area contributed by atoms with Crippen LogP contribution in [0.1, 0.15) is 10.5 Å². The first-order valence-corrected chi connectivity index (χ1v) is 4.71. The number of para-hydroxylation sites is 1. The molecule has 1 heterocycles. The Morgan fingerprint density at radius 1 is 1.29 bits per heavy atom. The molecular weight excluding hydrogens is 235 g/mol. The summed E-state index contributed by atoms with van der Waals surface area (Å²) in [5, 5.41) is 0.338. The van der Waals surface area contributed by atoms with E-state index in [1.54, 1.807) is 6.07 Å². The van der Waals surface area contributed by atoms with Gasteiger partial charge in [-0.3, -0.25) is 0 Å². The second kappa shape index (κ2) is 3.80. The van der Waals surface area contributed by atoms with Gasteiger partial charge in [0.25, 0.3) is 0 Å². The van der Waals surface area contributed by atoms with Crippen molar-refractivity contribution in [2.45, 2.75) is 6.30 Å². The standard InChI is InChI=1S/C11H8F3NO2/c1-17-10(16)9-6-7-4-2-3-5-8(7)15(9)11(12,13)14/h2-6H,1H3. The van der Waals surface area contributed by atoms with E-state index in [2.05, 4.69) is 4.74 Å². The highest BCUT2D eigenvalue weighted by Gasteiger charge is 2.36. The molecule has 0 amide bonds. The third kappa shape index (κ3) is 1.86. The topological polar surface area (TPSA) is 31.2 Å². The lowest BCUT2D eigenvalue weighted by Gasteiger charge is -2.12. The van der Waals surface area contributed by atoms with Crippen LogP contribution in [0.15, 0.2) is 30.3 Å². The molecule has 17 heavy (non-hydrogen) atoms. The molecule has 0 aliphatic heterocycles. The molecule has 3 nitrogen and oxygen atoms in total. The molecule has 2 aromatic rings. The summed E-state index contributed by atoms with van der Waals surface area (Å²) >= 11 is 0. The molecule has 6 heteroatoms. The van der Waals surface area contributed by atoms with E-state index in [-0.39, 0.29) is 10.1 Å². The number of methoxy groups -OCH3 is 1. The summed E-state index contributed by atoms with van der Waals surface area (Å²) in [6.07, 6.45) is -4.66. The first kappa shape index (κ1) is 11.5. The third-order valence-corrected chi connectivity index (χ3v) is 2.36. The van der Waals surface area contributed by atoms with Gasteiger partial charge in [0.05, 0.1) is 12.6 Å². The monoisotopic (exact) mass is 243 g/mol. The number of esters is 1. The maximum Gasteiger partial charge on any atom is 0.489 e. The molecule has 0 spiro atoms. The third-order valence-electron chi connectivity index (χ3n) is 2.36. The Hall–Kier alpha value is -1.98. The second-order valence-electron chi connectivity index (χ2n) is 3.38. The van der Waals surface area contributed by atoms with Crippen molar-refractivity contribution in [3.05, 3.63) is 36.0 Å². The Labute approximate surface area is 94.4 Å². The fraction of sp³-hybridized carbons (Fsp3) is 0.182. The first-order chi connectivity index (χ1) is 7.95. The Morgan fingerprint density at radius 3 is 2.53 bits per heavy atom. The SMILES string of the molecule is COC(=O)c1cc2ccccc2n1C(F)(F)F. The van der Waals surface area contributed by atoms with Crippen LogP contribution < -0.4 is 0 Å². The molecule has 90 valence electrons. The zero-order chi connectivity index (χ0) is 12.6. The number of benzene rings is 1. The van der Waals surface area contributed by atoms with Gasteiger partial charge in [-0.1, -0.05) is 18.2 Å². The molecular formula is C11H8F3NO2. The number of ether oxygens (including phenoxy) is 1. The van der Waals surface area contributed by atoms with Crippen LogP contribution in [0.25, 0.3) is 10.9 Å². The maximum absolute atomic E-state index is 12.9. The van der Waals surface area contributed by atoms with E-state index in [0.717, 1.165) is 13.2 Å². The van der Waals surface area contributed by atoms with Crippen molar-refractivity contribution in [2.24, 2.45) is 0 Å². The maximum atomic E-state index is 12.9. The van der Waals surface area contributed by atoms with Gasteiger partial charge in [-0.15, -0.1) is 13.2 Å². The van der Waals surface area contributed by atoms with Gasteiger partial charge in [0.15, 0.2) is 0 Å². The van der Waals surface area contributed by atoms with Crippen molar-refractivity contribution in [1.29, 1.82) is 0 Å². The number of fused-ring (bicyclic) bond motifs is 1. The lowest BCUT2D eigenvalue weighted by atomic mass is 10.2.